The summed E-state index contributed by atoms with van der Waals surface area (Å²) in [5.74, 6) is 0. The van der Waals surface area contributed by atoms with Gasteiger partial charge in [0.2, 0.25) is 0 Å². The second kappa shape index (κ2) is 2.27. The molecule has 3 rings (SSSR count). The quantitative estimate of drug-likeness (QED) is 0.615. The van der Waals surface area contributed by atoms with Gasteiger partial charge >= 0.3 is 0 Å². The van der Waals surface area contributed by atoms with Crippen LogP contribution >= 0.6 is 0 Å². The molecule has 0 aromatic carbocycles. The first kappa shape index (κ1) is 7.80. The molecule has 1 aliphatic heterocycles. The normalized spacial score (nSPS) is 16.4. The van der Waals surface area contributed by atoms with Crippen LogP contribution in [0.1, 0.15) is 19.4 Å². The zero-order valence-corrected chi connectivity index (χ0v) is 8.36. The van der Waals surface area contributed by atoms with Crippen LogP contribution in [0, 0.1) is 0 Å². The number of aromatic nitrogens is 2. The molecule has 0 fully saturated rings. The van der Waals surface area contributed by atoms with Crippen LogP contribution in [0.2, 0.25) is 0 Å². The third-order valence-electron chi connectivity index (χ3n) is 3.06. The maximum atomic E-state index is 4.45. The van der Waals surface area contributed by atoms with Crippen molar-refractivity contribution in [2.45, 2.75) is 19.4 Å². The zero-order chi connectivity index (χ0) is 9.76. The van der Waals surface area contributed by atoms with E-state index in [4.69, 9.17) is 0 Å². The Kier molecular flexibility index (Phi) is 1.26. The van der Waals surface area contributed by atoms with E-state index in [9.17, 15) is 0 Å². The van der Waals surface area contributed by atoms with Gasteiger partial charge in [-0.25, -0.2) is 0 Å². The van der Waals surface area contributed by atoms with Crippen molar-refractivity contribution in [2.75, 3.05) is 0 Å². The maximum Gasteiger partial charge on any atom is 0.0922 e. The molecule has 1 aliphatic rings. The monoisotopic (exact) mass is 184 g/mol. The summed E-state index contributed by atoms with van der Waals surface area (Å²) in [6.07, 6.45) is 3.98. The molecule has 0 saturated carbocycles. The van der Waals surface area contributed by atoms with Gasteiger partial charge in [-0.15, -0.1) is 0 Å². The minimum atomic E-state index is 0.0441. The van der Waals surface area contributed by atoms with Gasteiger partial charge in [-0.2, -0.15) is 0 Å². The summed E-state index contributed by atoms with van der Waals surface area (Å²) in [5, 5.41) is 0. The van der Waals surface area contributed by atoms with Crippen molar-refractivity contribution in [3.63, 3.8) is 0 Å². The van der Waals surface area contributed by atoms with Crippen molar-refractivity contribution >= 4 is 0 Å². The second-order valence-electron chi connectivity index (χ2n) is 4.22. The first-order valence-corrected chi connectivity index (χ1v) is 4.85. The zero-order valence-electron chi connectivity index (χ0n) is 8.36. The lowest BCUT2D eigenvalue weighted by Crippen LogP contribution is -2.22. The molecule has 70 valence electrons. The SMILES string of the molecule is CC1(C)c2cccnc2-c2cccn21. The van der Waals surface area contributed by atoms with Crippen LogP contribution in [-0.4, -0.2) is 9.55 Å². The second-order valence-corrected chi connectivity index (χ2v) is 4.22. The predicted octanol–water partition coefficient (Wildman–Crippen LogP) is 2.65. The summed E-state index contributed by atoms with van der Waals surface area (Å²) in [6.45, 7) is 4.45. The summed E-state index contributed by atoms with van der Waals surface area (Å²) >= 11 is 0. The van der Waals surface area contributed by atoms with Gasteiger partial charge in [0, 0.05) is 18.0 Å². The lowest BCUT2D eigenvalue weighted by atomic mass is 9.96. The van der Waals surface area contributed by atoms with E-state index in [2.05, 4.69) is 47.8 Å². The van der Waals surface area contributed by atoms with Gasteiger partial charge in [-0.3, -0.25) is 4.98 Å². The van der Waals surface area contributed by atoms with Gasteiger partial charge < -0.3 is 4.57 Å². The lowest BCUT2D eigenvalue weighted by Gasteiger charge is -2.22. The van der Waals surface area contributed by atoms with Crippen LogP contribution in [0.5, 0.6) is 0 Å². The van der Waals surface area contributed by atoms with Crippen molar-refractivity contribution in [3.05, 3.63) is 42.2 Å². The fraction of sp³-hybridized carbons (Fsp3) is 0.250. The molecule has 2 nitrogen and oxygen atoms in total. The highest BCUT2D eigenvalue weighted by Crippen LogP contribution is 2.41. The summed E-state index contributed by atoms with van der Waals surface area (Å²) in [4.78, 5) is 4.45. The van der Waals surface area contributed by atoms with Gasteiger partial charge in [-0.05, 0) is 32.0 Å². The molecule has 0 aliphatic carbocycles. The first-order chi connectivity index (χ1) is 6.71. The van der Waals surface area contributed by atoms with Crippen LogP contribution in [0.4, 0.5) is 0 Å². The van der Waals surface area contributed by atoms with Crippen molar-refractivity contribution in [1.82, 2.24) is 9.55 Å². The molecular formula is C12H12N2. The van der Waals surface area contributed by atoms with Crippen molar-refractivity contribution in [1.29, 1.82) is 0 Å². The number of pyridine rings is 1. The first-order valence-electron chi connectivity index (χ1n) is 4.85. The van der Waals surface area contributed by atoms with E-state index in [0.29, 0.717) is 0 Å². The lowest BCUT2D eigenvalue weighted by molar-refractivity contribution is 0.462. The molecule has 2 aromatic heterocycles. The highest BCUT2D eigenvalue weighted by molar-refractivity contribution is 5.67. The molecule has 0 amide bonds. The third-order valence-corrected chi connectivity index (χ3v) is 3.06. The fourth-order valence-corrected chi connectivity index (χ4v) is 2.29. The van der Waals surface area contributed by atoms with E-state index < -0.39 is 0 Å². The molecule has 2 aromatic rings. The van der Waals surface area contributed by atoms with E-state index in [-0.39, 0.29) is 5.54 Å². The minimum absolute atomic E-state index is 0.0441. The van der Waals surface area contributed by atoms with Crippen molar-refractivity contribution < 1.29 is 0 Å². The Balaban J connectivity index is 2.42. The Hall–Kier alpha value is -1.57. The van der Waals surface area contributed by atoms with E-state index >= 15 is 0 Å². The maximum absolute atomic E-state index is 4.45. The van der Waals surface area contributed by atoms with Gasteiger partial charge in [0.05, 0.1) is 16.9 Å². The Labute approximate surface area is 83.2 Å². The molecule has 0 N–H and O–H groups in total. The van der Waals surface area contributed by atoms with Crippen molar-refractivity contribution in [2.24, 2.45) is 0 Å². The van der Waals surface area contributed by atoms with Crippen LogP contribution in [0.3, 0.4) is 0 Å². The number of rotatable bonds is 0. The third kappa shape index (κ3) is 0.739. The molecule has 0 saturated heterocycles. The Morgan fingerprint density at radius 3 is 2.93 bits per heavy atom. The highest BCUT2D eigenvalue weighted by Gasteiger charge is 2.34. The number of fused-ring (bicyclic) bond motifs is 3. The van der Waals surface area contributed by atoms with E-state index in [1.165, 1.54) is 11.3 Å². The summed E-state index contributed by atoms with van der Waals surface area (Å²) < 4.78 is 2.28. The molecule has 14 heavy (non-hydrogen) atoms. The van der Waals surface area contributed by atoms with E-state index in [1.54, 1.807) is 0 Å². The predicted molar refractivity (Wildman–Crippen MR) is 56.1 cm³/mol. The van der Waals surface area contributed by atoms with Crippen LogP contribution in [0.25, 0.3) is 11.4 Å². The van der Waals surface area contributed by atoms with Gasteiger partial charge in [0.15, 0.2) is 0 Å². The topological polar surface area (TPSA) is 17.8 Å². The smallest absolute Gasteiger partial charge is 0.0922 e. The molecule has 0 spiro atoms. The Morgan fingerprint density at radius 2 is 2.07 bits per heavy atom. The number of hydrogen-bond donors (Lipinski definition) is 0. The Morgan fingerprint density at radius 1 is 1.21 bits per heavy atom. The average molecular weight is 184 g/mol. The summed E-state index contributed by atoms with van der Waals surface area (Å²) in [6, 6.07) is 8.37. The van der Waals surface area contributed by atoms with E-state index in [0.717, 1.165) is 5.69 Å². The van der Waals surface area contributed by atoms with E-state index in [1.807, 2.05) is 12.3 Å². The standard InChI is InChI=1S/C12H12N2/c1-12(2)9-5-3-7-13-11(9)10-6-4-8-14(10)12/h3-8H,1-2H3. The molecule has 2 heteroatoms. The molecule has 0 atom stereocenters. The molecule has 0 bridgehead atoms. The van der Waals surface area contributed by atoms with Gasteiger partial charge in [0.25, 0.3) is 0 Å². The van der Waals surface area contributed by atoms with Crippen molar-refractivity contribution in [3.8, 4) is 11.4 Å². The van der Waals surface area contributed by atoms with Gasteiger partial charge in [0.1, 0.15) is 0 Å². The average Bonchev–Trinajstić information content (AvgIpc) is 2.72. The summed E-state index contributed by atoms with van der Waals surface area (Å²) in [5.41, 5.74) is 3.71. The molecule has 3 heterocycles. The van der Waals surface area contributed by atoms with Crippen LogP contribution in [-0.2, 0) is 5.54 Å². The van der Waals surface area contributed by atoms with Gasteiger partial charge in [-0.1, -0.05) is 6.07 Å². The van der Waals surface area contributed by atoms with Crippen LogP contribution in [0.15, 0.2) is 36.7 Å². The molecule has 0 unspecified atom stereocenters. The largest absolute Gasteiger partial charge is 0.336 e. The Bertz CT molecular complexity index is 495. The number of hydrogen-bond acceptors (Lipinski definition) is 1. The highest BCUT2D eigenvalue weighted by atomic mass is 15.1. The minimum Gasteiger partial charge on any atom is -0.336 e. The fourth-order valence-electron chi connectivity index (χ4n) is 2.29. The number of nitrogens with zero attached hydrogens (tertiary/aromatic N) is 2. The molecular weight excluding hydrogens is 172 g/mol. The molecule has 0 radical (unpaired) electrons. The summed E-state index contributed by atoms with van der Waals surface area (Å²) in [7, 11) is 0. The van der Waals surface area contributed by atoms with Crippen LogP contribution < -0.4 is 0 Å².